The summed E-state index contributed by atoms with van der Waals surface area (Å²) in [5.74, 6) is 1.50. The maximum atomic E-state index is 12.6. The topological polar surface area (TPSA) is 67.9 Å². The standard InChI is InChI=1S/C24H30N2O4/c1-17-4-9-22(18(2)14-17)30-16-23(27)25-20-10-12-26(13-11-20)24(28)15-19-5-7-21(29-3)8-6-19/h4-9,14,20H,10-13,15-16H2,1-3H3,(H,25,27). The van der Waals surface area contributed by atoms with Crippen LogP contribution in [0.4, 0.5) is 0 Å². The minimum absolute atomic E-state index is 0.000511. The number of piperidine rings is 1. The number of rotatable bonds is 7. The number of carbonyl (C=O) groups is 2. The number of nitrogens with zero attached hydrogens (tertiary/aromatic N) is 1. The summed E-state index contributed by atoms with van der Waals surface area (Å²) in [5.41, 5.74) is 3.16. The molecule has 6 nitrogen and oxygen atoms in total. The summed E-state index contributed by atoms with van der Waals surface area (Å²) in [6, 6.07) is 13.5. The van der Waals surface area contributed by atoms with E-state index < -0.39 is 0 Å². The number of benzene rings is 2. The highest BCUT2D eigenvalue weighted by atomic mass is 16.5. The fourth-order valence-corrected chi connectivity index (χ4v) is 3.68. The number of carbonyl (C=O) groups excluding carboxylic acids is 2. The second-order valence-electron chi connectivity index (χ2n) is 7.81. The number of nitrogens with one attached hydrogen (secondary N) is 1. The van der Waals surface area contributed by atoms with Crippen LogP contribution in [0.1, 0.15) is 29.5 Å². The van der Waals surface area contributed by atoms with E-state index in [1.165, 1.54) is 0 Å². The van der Waals surface area contributed by atoms with E-state index in [4.69, 9.17) is 9.47 Å². The lowest BCUT2D eigenvalue weighted by Crippen LogP contribution is -2.47. The zero-order valence-electron chi connectivity index (χ0n) is 17.9. The molecule has 1 N–H and O–H groups in total. The van der Waals surface area contributed by atoms with Gasteiger partial charge in [0, 0.05) is 19.1 Å². The van der Waals surface area contributed by atoms with Crippen molar-refractivity contribution < 1.29 is 19.1 Å². The van der Waals surface area contributed by atoms with E-state index in [1.54, 1.807) is 7.11 Å². The lowest BCUT2D eigenvalue weighted by Gasteiger charge is -2.32. The number of likely N-dealkylation sites (tertiary alicyclic amines) is 1. The molecule has 30 heavy (non-hydrogen) atoms. The molecule has 0 aromatic heterocycles. The van der Waals surface area contributed by atoms with Crippen LogP contribution < -0.4 is 14.8 Å². The van der Waals surface area contributed by atoms with E-state index >= 15 is 0 Å². The number of amides is 2. The molecular weight excluding hydrogens is 380 g/mol. The molecule has 160 valence electrons. The summed E-state index contributed by atoms with van der Waals surface area (Å²) in [6.45, 7) is 5.30. The van der Waals surface area contributed by atoms with Crippen molar-refractivity contribution in [3.63, 3.8) is 0 Å². The molecule has 0 bridgehead atoms. The molecule has 0 atom stereocenters. The van der Waals surface area contributed by atoms with Crippen LogP contribution in [0.2, 0.25) is 0 Å². The van der Waals surface area contributed by atoms with Gasteiger partial charge in [-0.1, -0.05) is 29.8 Å². The Kier molecular flexibility index (Phi) is 7.33. The highest BCUT2D eigenvalue weighted by Crippen LogP contribution is 2.19. The SMILES string of the molecule is COc1ccc(CC(=O)N2CCC(NC(=O)COc3ccc(C)cc3C)CC2)cc1. The summed E-state index contributed by atoms with van der Waals surface area (Å²) in [4.78, 5) is 26.7. The minimum Gasteiger partial charge on any atom is -0.497 e. The molecule has 0 aliphatic carbocycles. The Bertz CT molecular complexity index is 871. The molecule has 1 fully saturated rings. The molecule has 6 heteroatoms. The lowest BCUT2D eigenvalue weighted by atomic mass is 10.0. The van der Waals surface area contributed by atoms with Crippen molar-refractivity contribution in [1.82, 2.24) is 10.2 Å². The quantitative estimate of drug-likeness (QED) is 0.762. The van der Waals surface area contributed by atoms with Crippen molar-refractivity contribution in [3.05, 3.63) is 59.2 Å². The lowest BCUT2D eigenvalue weighted by molar-refractivity contribution is -0.131. The molecule has 0 radical (unpaired) electrons. The summed E-state index contributed by atoms with van der Waals surface area (Å²) in [7, 11) is 1.62. The van der Waals surface area contributed by atoms with E-state index in [1.807, 2.05) is 61.2 Å². The maximum absolute atomic E-state index is 12.6. The first-order valence-corrected chi connectivity index (χ1v) is 10.3. The van der Waals surface area contributed by atoms with E-state index in [2.05, 4.69) is 5.32 Å². The van der Waals surface area contributed by atoms with Crippen molar-refractivity contribution in [2.24, 2.45) is 0 Å². The largest absolute Gasteiger partial charge is 0.497 e. The van der Waals surface area contributed by atoms with E-state index in [0.717, 1.165) is 41.0 Å². The Morgan fingerprint density at radius 3 is 2.40 bits per heavy atom. The van der Waals surface area contributed by atoms with Crippen molar-refractivity contribution in [1.29, 1.82) is 0 Å². The van der Waals surface area contributed by atoms with Crippen molar-refractivity contribution >= 4 is 11.8 Å². The van der Waals surface area contributed by atoms with Gasteiger partial charge >= 0.3 is 0 Å². The Morgan fingerprint density at radius 1 is 1.07 bits per heavy atom. The van der Waals surface area contributed by atoms with Gasteiger partial charge in [0.2, 0.25) is 5.91 Å². The van der Waals surface area contributed by atoms with Gasteiger partial charge in [-0.15, -0.1) is 0 Å². The van der Waals surface area contributed by atoms with Crippen LogP contribution in [0.5, 0.6) is 11.5 Å². The molecule has 1 heterocycles. The second-order valence-corrected chi connectivity index (χ2v) is 7.81. The van der Waals surface area contributed by atoms with Gasteiger partial charge in [0.1, 0.15) is 11.5 Å². The van der Waals surface area contributed by atoms with Crippen molar-refractivity contribution in [2.45, 2.75) is 39.2 Å². The Hall–Kier alpha value is -3.02. The predicted molar refractivity (Wildman–Crippen MR) is 116 cm³/mol. The van der Waals surface area contributed by atoms with Gasteiger partial charge in [-0.05, 0) is 56.0 Å². The normalized spacial score (nSPS) is 14.3. The van der Waals surface area contributed by atoms with Gasteiger partial charge in [-0.25, -0.2) is 0 Å². The minimum atomic E-state index is -0.127. The fourth-order valence-electron chi connectivity index (χ4n) is 3.68. The van der Waals surface area contributed by atoms with Crippen LogP contribution in [-0.4, -0.2) is 49.6 Å². The van der Waals surface area contributed by atoms with Crippen molar-refractivity contribution in [3.8, 4) is 11.5 Å². The first-order valence-electron chi connectivity index (χ1n) is 10.3. The number of methoxy groups -OCH3 is 1. The third kappa shape index (κ3) is 5.99. The molecular formula is C24H30N2O4. The van der Waals surface area contributed by atoms with Gasteiger partial charge in [0.25, 0.3) is 5.91 Å². The molecule has 0 spiro atoms. The second kappa shape index (κ2) is 10.1. The van der Waals surface area contributed by atoms with Crippen LogP contribution in [0.15, 0.2) is 42.5 Å². The zero-order valence-corrected chi connectivity index (χ0v) is 17.9. The van der Waals surface area contributed by atoms with Gasteiger partial charge in [-0.3, -0.25) is 9.59 Å². The summed E-state index contributed by atoms with van der Waals surface area (Å²) < 4.78 is 10.8. The Balaban J connectivity index is 1.40. The molecule has 2 aromatic carbocycles. The molecule has 0 saturated carbocycles. The van der Waals surface area contributed by atoms with Crippen LogP contribution in [-0.2, 0) is 16.0 Å². The average Bonchev–Trinajstić information content (AvgIpc) is 2.74. The summed E-state index contributed by atoms with van der Waals surface area (Å²) in [5, 5.41) is 3.03. The first-order chi connectivity index (χ1) is 14.4. The maximum Gasteiger partial charge on any atom is 0.258 e. The van der Waals surface area contributed by atoms with Gasteiger partial charge in [0.15, 0.2) is 6.61 Å². The first kappa shape index (κ1) is 21.7. The van der Waals surface area contributed by atoms with Gasteiger partial charge in [-0.2, -0.15) is 0 Å². The number of ether oxygens (including phenoxy) is 2. The van der Waals surface area contributed by atoms with Crippen molar-refractivity contribution in [2.75, 3.05) is 26.8 Å². The van der Waals surface area contributed by atoms with E-state index in [9.17, 15) is 9.59 Å². The Morgan fingerprint density at radius 2 is 1.77 bits per heavy atom. The van der Waals surface area contributed by atoms with E-state index in [-0.39, 0.29) is 24.5 Å². The van der Waals surface area contributed by atoms with Gasteiger partial charge < -0.3 is 19.7 Å². The molecule has 1 saturated heterocycles. The Labute approximate surface area is 178 Å². The third-order valence-corrected chi connectivity index (χ3v) is 5.42. The number of aryl methyl sites for hydroxylation is 2. The molecule has 1 aliphatic rings. The average molecular weight is 411 g/mol. The van der Waals surface area contributed by atoms with Crippen LogP contribution >= 0.6 is 0 Å². The number of hydrogen-bond acceptors (Lipinski definition) is 4. The van der Waals surface area contributed by atoms with Crippen LogP contribution in [0, 0.1) is 13.8 Å². The molecule has 1 aliphatic heterocycles. The highest BCUT2D eigenvalue weighted by molar-refractivity contribution is 5.79. The molecule has 2 amide bonds. The monoisotopic (exact) mass is 410 g/mol. The fraction of sp³-hybridized carbons (Fsp3) is 0.417. The summed E-state index contributed by atoms with van der Waals surface area (Å²) >= 11 is 0. The van der Waals surface area contributed by atoms with E-state index in [0.29, 0.717) is 19.5 Å². The predicted octanol–water partition coefficient (Wildman–Crippen LogP) is 3.04. The summed E-state index contributed by atoms with van der Waals surface area (Å²) in [6.07, 6.45) is 1.89. The van der Waals surface area contributed by atoms with Gasteiger partial charge in [0.05, 0.1) is 13.5 Å². The highest BCUT2D eigenvalue weighted by Gasteiger charge is 2.24. The molecule has 3 rings (SSSR count). The number of hydrogen-bond donors (Lipinski definition) is 1. The molecule has 2 aromatic rings. The smallest absolute Gasteiger partial charge is 0.258 e. The third-order valence-electron chi connectivity index (χ3n) is 5.42. The zero-order chi connectivity index (χ0) is 21.5. The molecule has 0 unspecified atom stereocenters. The van der Waals surface area contributed by atoms with Crippen LogP contribution in [0.3, 0.4) is 0 Å². The van der Waals surface area contributed by atoms with Crippen LogP contribution in [0.25, 0.3) is 0 Å².